The van der Waals surface area contributed by atoms with Crippen LogP contribution in [0.4, 0.5) is 11.4 Å². The van der Waals surface area contributed by atoms with E-state index < -0.39 is 11.0 Å². The number of nitrogens with zero attached hydrogens (tertiary/aromatic N) is 2. The Morgan fingerprint density at radius 1 is 1.44 bits per heavy atom. The van der Waals surface area contributed by atoms with Gasteiger partial charge >= 0.3 is 0 Å². The van der Waals surface area contributed by atoms with Gasteiger partial charge in [0.2, 0.25) is 5.91 Å². The van der Waals surface area contributed by atoms with Crippen molar-refractivity contribution in [2.24, 2.45) is 0 Å². The number of aryl methyl sites for hydroxylation is 1. The van der Waals surface area contributed by atoms with Crippen LogP contribution >= 0.6 is 0 Å². The van der Waals surface area contributed by atoms with E-state index in [0.29, 0.717) is 5.69 Å². The van der Waals surface area contributed by atoms with E-state index in [0.717, 1.165) is 5.56 Å². The van der Waals surface area contributed by atoms with E-state index >= 15 is 0 Å². The maximum absolute atomic E-state index is 11.7. The average molecular weight is 251 g/mol. The van der Waals surface area contributed by atoms with Crippen molar-refractivity contribution in [3.05, 3.63) is 33.9 Å². The van der Waals surface area contributed by atoms with E-state index in [-0.39, 0.29) is 11.6 Å². The molecule has 0 saturated heterocycles. The number of carbonyl (C=O) groups excluding carboxylic acids is 1. The SMILES string of the molecule is Cc1cccc([N+](=O)[O-])c1NC(C)C(=O)N(C)C. The van der Waals surface area contributed by atoms with Gasteiger partial charge in [-0.25, -0.2) is 0 Å². The molecule has 0 saturated carbocycles. The van der Waals surface area contributed by atoms with Gasteiger partial charge in [-0.15, -0.1) is 0 Å². The molecule has 0 aliphatic carbocycles. The fourth-order valence-electron chi connectivity index (χ4n) is 1.66. The number of para-hydroxylation sites is 1. The Morgan fingerprint density at radius 3 is 2.56 bits per heavy atom. The van der Waals surface area contributed by atoms with E-state index in [4.69, 9.17) is 0 Å². The summed E-state index contributed by atoms with van der Waals surface area (Å²) < 4.78 is 0. The standard InChI is InChI=1S/C12H17N3O3/c1-8-6-5-7-10(15(17)18)11(8)13-9(2)12(16)14(3)4/h5-7,9,13H,1-4H3. The third-order valence-corrected chi connectivity index (χ3v) is 2.62. The predicted octanol–water partition coefficient (Wildman–Crippen LogP) is 1.79. The molecule has 98 valence electrons. The highest BCUT2D eigenvalue weighted by atomic mass is 16.6. The van der Waals surface area contributed by atoms with Crippen LogP contribution in [0.15, 0.2) is 18.2 Å². The number of likely N-dealkylation sites (N-methyl/N-ethyl adjacent to an activating group) is 1. The van der Waals surface area contributed by atoms with Crippen molar-refractivity contribution < 1.29 is 9.72 Å². The maximum atomic E-state index is 11.7. The third kappa shape index (κ3) is 2.97. The molecular formula is C12H17N3O3. The number of hydrogen-bond donors (Lipinski definition) is 1. The summed E-state index contributed by atoms with van der Waals surface area (Å²) in [6, 6.07) is 4.29. The summed E-state index contributed by atoms with van der Waals surface area (Å²) in [5.74, 6) is -0.132. The molecule has 0 radical (unpaired) electrons. The predicted molar refractivity (Wildman–Crippen MR) is 69.6 cm³/mol. The van der Waals surface area contributed by atoms with Crippen LogP contribution in [0.1, 0.15) is 12.5 Å². The third-order valence-electron chi connectivity index (χ3n) is 2.62. The van der Waals surface area contributed by atoms with Gasteiger partial charge in [-0.1, -0.05) is 12.1 Å². The second-order valence-electron chi connectivity index (χ2n) is 4.32. The molecule has 6 nitrogen and oxygen atoms in total. The molecule has 6 heteroatoms. The van der Waals surface area contributed by atoms with Crippen molar-refractivity contribution in [2.45, 2.75) is 19.9 Å². The number of anilines is 1. The summed E-state index contributed by atoms with van der Waals surface area (Å²) in [5, 5.41) is 13.8. The van der Waals surface area contributed by atoms with Crippen molar-refractivity contribution in [1.82, 2.24) is 4.90 Å². The quantitative estimate of drug-likeness (QED) is 0.654. The van der Waals surface area contributed by atoms with Gasteiger partial charge in [0.15, 0.2) is 0 Å². The molecule has 0 bridgehead atoms. The smallest absolute Gasteiger partial charge is 0.292 e. The molecule has 1 aromatic rings. The van der Waals surface area contributed by atoms with E-state index in [9.17, 15) is 14.9 Å². The number of rotatable bonds is 4. The largest absolute Gasteiger partial charge is 0.368 e. The topological polar surface area (TPSA) is 75.5 Å². The number of benzene rings is 1. The van der Waals surface area contributed by atoms with E-state index in [2.05, 4.69) is 5.32 Å². The fraction of sp³-hybridized carbons (Fsp3) is 0.417. The first kappa shape index (κ1) is 14.0. The van der Waals surface area contributed by atoms with Gasteiger partial charge in [0.05, 0.1) is 4.92 Å². The van der Waals surface area contributed by atoms with Gasteiger partial charge in [0.1, 0.15) is 11.7 Å². The molecule has 0 aromatic heterocycles. The Bertz CT molecular complexity index is 472. The minimum atomic E-state index is -0.514. The number of nitro groups is 1. The Kier molecular flexibility index (Phi) is 4.25. The second-order valence-corrected chi connectivity index (χ2v) is 4.32. The van der Waals surface area contributed by atoms with Crippen LogP contribution in [0, 0.1) is 17.0 Å². The molecule has 1 unspecified atom stereocenters. The van der Waals surface area contributed by atoms with Crippen molar-refractivity contribution in [1.29, 1.82) is 0 Å². The molecule has 1 aromatic carbocycles. The first-order chi connectivity index (χ1) is 8.34. The average Bonchev–Trinajstić information content (AvgIpc) is 2.30. The zero-order chi connectivity index (χ0) is 13.9. The molecule has 1 rings (SSSR count). The molecule has 0 heterocycles. The van der Waals surface area contributed by atoms with Gasteiger partial charge < -0.3 is 10.2 Å². The van der Waals surface area contributed by atoms with Crippen molar-refractivity contribution in [2.75, 3.05) is 19.4 Å². The molecule has 0 spiro atoms. The van der Waals surface area contributed by atoms with E-state index in [1.807, 2.05) is 0 Å². The Morgan fingerprint density at radius 2 is 2.06 bits per heavy atom. The Hall–Kier alpha value is -2.11. The van der Waals surface area contributed by atoms with Gasteiger partial charge in [-0.3, -0.25) is 14.9 Å². The lowest BCUT2D eigenvalue weighted by molar-refractivity contribution is -0.384. The van der Waals surface area contributed by atoms with Crippen LogP contribution in [-0.4, -0.2) is 35.9 Å². The van der Waals surface area contributed by atoms with E-state index in [1.54, 1.807) is 40.1 Å². The fourth-order valence-corrected chi connectivity index (χ4v) is 1.66. The molecule has 1 atom stereocenters. The minimum Gasteiger partial charge on any atom is -0.368 e. The summed E-state index contributed by atoms with van der Waals surface area (Å²) in [7, 11) is 3.29. The molecule has 1 N–H and O–H groups in total. The van der Waals surface area contributed by atoms with Crippen LogP contribution in [0.5, 0.6) is 0 Å². The van der Waals surface area contributed by atoms with Gasteiger partial charge in [-0.2, -0.15) is 0 Å². The second kappa shape index (κ2) is 5.48. The van der Waals surface area contributed by atoms with Crippen LogP contribution in [0.2, 0.25) is 0 Å². The Balaban J connectivity index is 3.04. The monoisotopic (exact) mass is 251 g/mol. The summed E-state index contributed by atoms with van der Waals surface area (Å²) in [5.41, 5.74) is 1.11. The van der Waals surface area contributed by atoms with Crippen LogP contribution in [-0.2, 0) is 4.79 Å². The molecule has 18 heavy (non-hydrogen) atoms. The van der Waals surface area contributed by atoms with Crippen molar-refractivity contribution in [3.63, 3.8) is 0 Å². The lowest BCUT2D eigenvalue weighted by atomic mass is 10.1. The maximum Gasteiger partial charge on any atom is 0.292 e. The number of nitro benzene ring substituents is 1. The summed E-state index contributed by atoms with van der Waals surface area (Å²) in [6.45, 7) is 3.45. The van der Waals surface area contributed by atoms with Crippen LogP contribution in [0.25, 0.3) is 0 Å². The van der Waals surface area contributed by atoms with Crippen molar-refractivity contribution >= 4 is 17.3 Å². The van der Waals surface area contributed by atoms with Crippen LogP contribution in [0.3, 0.4) is 0 Å². The molecule has 0 aliphatic heterocycles. The Labute approximate surface area is 106 Å². The first-order valence-corrected chi connectivity index (χ1v) is 5.56. The van der Waals surface area contributed by atoms with Gasteiger partial charge in [0.25, 0.3) is 5.69 Å². The molecule has 0 fully saturated rings. The summed E-state index contributed by atoms with van der Waals surface area (Å²) >= 11 is 0. The molecule has 1 amide bonds. The number of hydrogen-bond acceptors (Lipinski definition) is 4. The van der Waals surface area contributed by atoms with Crippen molar-refractivity contribution in [3.8, 4) is 0 Å². The number of carbonyl (C=O) groups is 1. The molecule has 0 aliphatic rings. The highest BCUT2D eigenvalue weighted by Gasteiger charge is 2.21. The normalized spacial score (nSPS) is 11.8. The van der Waals surface area contributed by atoms with Gasteiger partial charge in [-0.05, 0) is 19.4 Å². The summed E-state index contributed by atoms with van der Waals surface area (Å²) in [6.07, 6.45) is 0. The minimum absolute atomic E-state index is 0.0200. The zero-order valence-corrected chi connectivity index (χ0v) is 10.9. The zero-order valence-electron chi connectivity index (χ0n) is 10.9. The lowest BCUT2D eigenvalue weighted by Crippen LogP contribution is -2.36. The highest BCUT2D eigenvalue weighted by Crippen LogP contribution is 2.28. The number of amides is 1. The molecular weight excluding hydrogens is 234 g/mol. The highest BCUT2D eigenvalue weighted by molar-refractivity contribution is 5.85. The number of nitrogens with one attached hydrogen (secondary N) is 1. The first-order valence-electron chi connectivity index (χ1n) is 5.56. The lowest BCUT2D eigenvalue weighted by Gasteiger charge is -2.19. The van der Waals surface area contributed by atoms with Crippen LogP contribution < -0.4 is 5.32 Å². The summed E-state index contributed by atoms with van der Waals surface area (Å²) in [4.78, 5) is 23.7. The van der Waals surface area contributed by atoms with E-state index in [1.165, 1.54) is 11.0 Å². The van der Waals surface area contributed by atoms with Gasteiger partial charge in [0, 0.05) is 20.2 Å².